The Balaban J connectivity index is 1.45. The Bertz CT molecular complexity index is 355. The quantitative estimate of drug-likeness (QED) is 0.554. The molecule has 0 nitrogen and oxygen atoms in total. The minimum atomic E-state index is 1.19. The van der Waals surface area contributed by atoms with Crippen molar-refractivity contribution < 1.29 is 0 Å². The van der Waals surface area contributed by atoms with Crippen molar-refractivity contribution in [2.75, 3.05) is 0 Å². The number of fused-ring (bicyclic) bond motifs is 11. The lowest BCUT2D eigenvalue weighted by atomic mass is 9.50. The van der Waals surface area contributed by atoms with E-state index in [0.29, 0.717) is 0 Å². The molecule has 18 heavy (non-hydrogen) atoms. The topological polar surface area (TPSA) is 0 Å². The van der Waals surface area contributed by atoms with Crippen molar-refractivity contribution in [1.82, 2.24) is 0 Å². The molecule has 7 rings (SSSR count). The van der Waals surface area contributed by atoms with Crippen molar-refractivity contribution in [2.45, 2.75) is 51.4 Å². The molecule has 0 aromatic heterocycles. The first kappa shape index (κ1) is 9.83. The van der Waals surface area contributed by atoms with Gasteiger partial charge in [-0.1, -0.05) is 0 Å². The van der Waals surface area contributed by atoms with Gasteiger partial charge in [-0.05, 0) is 111 Å². The van der Waals surface area contributed by atoms with Gasteiger partial charge in [0.05, 0.1) is 0 Å². The molecule has 7 aliphatic rings. The summed E-state index contributed by atoms with van der Waals surface area (Å²) in [6.45, 7) is 0. The Kier molecular flexibility index (Phi) is 1.65. The first-order valence-electron chi connectivity index (χ1n) is 8.92. The Morgan fingerprint density at radius 2 is 0.778 bits per heavy atom. The van der Waals surface area contributed by atoms with Crippen LogP contribution in [0.15, 0.2) is 0 Å². The second-order valence-electron chi connectivity index (χ2n) is 8.88. The molecule has 0 spiro atoms. The van der Waals surface area contributed by atoms with Crippen molar-refractivity contribution in [3.8, 4) is 0 Å². The third kappa shape index (κ3) is 0.907. The second kappa shape index (κ2) is 3.01. The lowest BCUT2D eigenvalue weighted by molar-refractivity contribution is -0.0654. The summed E-state index contributed by atoms with van der Waals surface area (Å²) >= 11 is 0. The molecule has 7 fully saturated rings. The van der Waals surface area contributed by atoms with Crippen LogP contribution in [0.1, 0.15) is 51.4 Å². The van der Waals surface area contributed by atoms with E-state index >= 15 is 0 Å². The molecule has 98 valence electrons. The van der Waals surface area contributed by atoms with Crippen molar-refractivity contribution in [3.63, 3.8) is 0 Å². The van der Waals surface area contributed by atoms with E-state index in [1.807, 2.05) is 0 Å². The molecule has 0 radical (unpaired) electrons. The monoisotopic (exact) mass is 242 g/mol. The predicted molar refractivity (Wildman–Crippen MR) is 71.8 cm³/mol. The van der Waals surface area contributed by atoms with Crippen molar-refractivity contribution in [1.29, 1.82) is 0 Å². The number of rotatable bonds is 0. The highest BCUT2D eigenvalue weighted by Gasteiger charge is 2.68. The highest BCUT2D eigenvalue weighted by Crippen LogP contribution is 2.75. The molecule has 8 unspecified atom stereocenters. The zero-order valence-corrected chi connectivity index (χ0v) is 11.4. The summed E-state index contributed by atoms with van der Waals surface area (Å²) in [6.07, 6.45) is 13.1. The van der Waals surface area contributed by atoms with Gasteiger partial charge in [0.25, 0.3) is 0 Å². The van der Waals surface area contributed by atoms with E-state index in [9.17, 15) is 0 Å². The summed E-state index contributed by atoms with van der Waals surface area (Å²) in [6, 6.07) is 0. The molecule has 7 saturated carbocycles. The van der Waals surface area contributed by atoms with Crippen LogP contribution in [0, 0.1) is 59.2 Å². The van der Waals surface area contributed by atoms with Crippen LogP contribution < -0.4 is 0 Å². The third-order valence-electron chi connectivity index (χ3n) is 8.92. The first-order chi connectivity index (χ1) is 8.92. The van der Waals surface area contributed by atoms with Gasteiger partial charge in [0.2, 0.25) is 0 Å². The maximum atomic E-state index is 1.70. The summed E-state index contributed by atoms with van der Waals surface area (Å²) in [5, 5.41) is 0. The van der Waals surface area contributed by atoms with E-state index in [-0.39, 0.29) is 0 Å². The molecule has 7 aliphatic carbocycles. The zero-order chi connectivity index (χ0) is 11.4. The van der Waals surface area contributed by atoms with Gasteiger partial charge >= 0.3 is 0 Å². The van der Waals surface area contributed by atoms with Gasteiger partial charge in [-0.25, -0.2) is 0 Å². The standard InChI is InChI=1S/C18H26/c1-2-10-4-3-9(1)15-13-8-14(16(10)15)18-12-6-5-11(7-12)17(13)18/h9-18H,1-8H2. The maximum Gasteiger partial charge on any atom is -0.0321 e. The largest absolute Gasteiger partial charge is 0.0499 e. The molecular formula is C18H26. The van der Waals surface area contributed by atoms with Gasteiger partial charge in [-0.2, -0.15) is 0 Å². The van der Waals surface area contributed by atoms with Crippen LogP contribution in [0.3, 0.4) is 0 Å². The summed E-state index contributed by atoms with van der Waals surface area (Å²) in [5.74, 6) is 12.2. The lowest BCUT2D eigenvalue weighted by Gasteiger charge is -2.55. The molecular weight excluding hydrogens is 216 g/mol. The first-order valence-corrected chi connectivity index (χ1v) is 8.92. The molecule has 0 saturated heterocycles. The van der Waals surface area contributed by atoms with E-state index in [1.54, 1.807) is 51.4 Å². The predicted octanol–water partition coefficient (Wildman–Crippen LogP) is 4.35. The minimum absolute atomic E-state index is 1.19. The van der Waals surface area contributed by atoms with Crippen molar-refractivity contribution in [3.05, 3.63) is 0 Å². The van der Waals surface area contributed by atoms with Crippen LogP contribution >= 0.6 is 0 Å². The van der Waals surface area contributed by atoms with Crippen molar-refractivity contribution in [2.24, 2.45) is 59.2 Å². The second-order valence-corrected chi connectivity index (χ2v) is 8.88. The summed E-state index contributed by atoms with van der Waals surface area (Å²) < 4.78 is 0. The lowest BCUT2D eigenvalue weighted by Crippen LogP contribution is -2.49. The Hall–Kier alpha value is 0. The molecule has 0 N–H and O–H groups in total. The SMILES string of the molecule is C1CC2CCC1C1C3CC(C21)C1C2CCC(C2)C31. The zero-order valence-electron chi connectivity index (χ0n) is 11.4. The average molecular weight is 242 g/mol. The normalized spacial score (nSPS) is 70.7. The van der Waals surface area contributed by atoms with Crippen LogP contribution in [0.25, 0.3) is 0 Å². The fraction of sp³-hybridized carbons (Fsp3) is 1.00. The molecule has 0 aliphatic heterocycles. The van der Waals surface area contributed by atoms with E-state index < -0.39 is 0 Å². The average Bonchev–Trinajstić information content (AvgIpc) is 3.18. The molecule has 0 amide bonds. The van der Waals surface area contributed by atoms with E-state index in [0.717, 1.165) is 0 Å². The fourth-order valence-electron chi connectivity index (χ4n) is 8.92. The van der Waals surface area contributed by atoms with Crippen LogP contribution in [-0.4, -0.2) is 0 Å². The molecule has 0 heteroatoms. The molecule has 6 bridgehead atoms. The minimum Gasteiger partial charge on any atom is -0.0499 e. The van der Waals surface area contributed by atoms with Crippen molar-refractivity contribution >= 4 is 0 Å². The molecule has 0 heterocycles. The van der Waals surface area contributed by atoms with Gasteiger partial charge in [0.15, 0.2) is 0 Å². The Morgan fingerprint density at radius 1 is 0.389 bits per heavy atom. The van der Waals surface area contributed by atoms with Crippen LogP contribution in [0.2, 0.25) is 0 Å². The van der Waals surface area contributed by atoms with Crippen LogP contribution in [-0.2, 0) is 0 Å². The molecule has 0 aromatic carbocycles. The summed E-state index contributed by atoms with van der Waals surface area (Å²) in [4.78, 5) is 0. The highest BCUT2D eigenvalue weighted by molar-refractivity contribution is 5.16. The maximum absolute atomic E-state index is 1.70. The van der Waals surface area contributed by atoms with Gasteiger partial charge < -0.3 is 0 Å². The Labute approximate surface area is 111 Å². The fourth-order valence-corrected chi connectivity index (χ4v) is 8.92. The van der Waals surface area contributed by atoms with Crippen LogP contribution in [0.5, 0.6) is 0 Å². The van der Waals surface area contributed by atoms with Gasteiger partial charge in [0, 0.05) is 0 Å². The smallest absolute Gasteiger partial charge is 0.0321 e. The van der Waals surface area contributed by atoms with Gasteiger partial charge in [0.1, 0.15) is 0 Å². The van der Waals surface area contributed by atoms with Crippen LogP contribution in [0.4, 0.5) is 0 Å². The Morgan fingerprint density at radius 3 is 1.28 bits per heavy atom. The van der Waals surface area contributed by atoms with Gasteiger partial charge in [-0.3, -0.25) is 0 Å². The third-order valence-corrected chi connectivity index (χ3v) is 8.92. The van der Waals surface area contributed by atoms with E-state index in [4.69, 9.17) is 0 Å². The number of hydrogen-bond donors (Lipinski definition) is 0. The summed E-state index contributed by atoms with van der Waals surface area (Å²) in [7, 11) is 0. The van der Waals surface area contributed by atoms with E-state index in [1.165, 1.54) is 59.2 Å². The van der Waals surface area contributed by atoms with Gasteiger partial charge in [-0.15, -0.1) is 0 Å². The highest BCUT2D eigenvalue weighted by atomic mass is 14.7. The van der Waals surface area contributed by atoms with E-state index in [2.05, 4.69) is 0 Å². The molecule has 8 atom stereocenters. The molecule has 0 aromatic rings. The number of hydrogen-bond acceptors (Lipinski definition) is 0. The summed E-state index contributed by atoms with van der Waals surface area (Å²) in [5.41, 5.74) is 0.